The average Bonchev–Trinajstić information content (AvgIpc) is 1.62. The third-order valence-electron chi connectivity index (χ3n) is 21.9. The van der Waals surface area contributed by atoms with E-state index in [-0.39, 0.29) is 33.9 Å². The van der Waals surface area contributed by atoms with Crippen molar-refractivity contribution >= 4 is 178 Å². The Morgan fingerprint density at radius 2 is 0.657 bits per heavy atom. The van der Waals surface area contributed by atoms with Gasteiger partial charge in [0.05, 0.1) is 77.2 Å². The Kier molecular flexibility index (Phi) is 38.8. The highest BCUT2D eigenvalue weighted by atomic mass is 79.9. The third-order valence-corrected chi connectivity index (χ3v) is 28.1. The second-order valence-electron chi connectivity index (χ2n) is 31.6. The summed E-state index contributed by atoms with van der Waals surface area (Å²) in [4.78, 5) is 153. The van der Waals surface area contributed by atoms with E-state index < -0.39 is 28.3 Å². The third kappa shape index (κ3) is 25.6. The zero-order valence-electron chi connectivity index (χ0n) is 79.6. The van der Waals surface area contributed by atoms with Crippen LogP contribution >= 0.6 is 122 Å². The van der Waals surface area contributed by atoms with Crippen LogP contribution in [0.2, 0.25) is 5.02 Å². The van der Waals surface area contributed by atoms with Crippen LogP contribution in [-0.2, 0) is 139 Å². The Morgan fingerprint density at radius 3 is 1.00 bits per heavy atom. The number of methoxy groups -OCH3 is 2. The molecule has 11 heterocycles. The molecule has 140 heavy (non-hydrogen) atoms. The smallest absolute Gasteiger partial charge is 0.332 e. The molecule has 5 aromatic carbocycles. The fourth-order valence-electron chi connectivity index (χ4n) is 14.7. The van der Waals surface area contributed by atoms with Crippen molar-refractivity contribution in [2.24, 2.45) is 70.5 Å². The SMILES string of the molecule is CCOCCOc1nc2c(c(=O)n(C)c(=O)n2C)n1Cc1cccc(Br)c1.CCOCCSc1nc2c(c(=O)n(C)c(=O)n2C)n1Cc1cccc(Cl)c1.CCc1coc(CSc2nc3c(c(=O)n(C)c(=O)n3C)n2Cc2cccc(Br)c2)n1.COCCCSc1nc2c(c(=O)n(C)c(=O)n2C)n1Cc1cccc(Br)c1.COCCOCCSc1nc2c(c(=O)n(C)c(=O)n2C)n1Cc1cccc(Br)c1. The number of rotatable bonds is 36. The number of aromatic nitrogens is 21. The maximum Gasteiger partial charge on any atom is 0.332 e. The lowest BCUT2D eigenvalue weighted by Gasteiger charge is -2.11. The highest BCUT2D eigenvalue weighted by Gasteiger charge is 2.27. The van der Waals surface area contributed by atoms with E-state index in [9.17, 15) is 47.9 Å². The van der Waals surface area contributed by atoms with Gasteiger partial charge in [-0.05, 0) is 115 Å². The quantitative estimate of drug-likeness (QED) is 0.0260. The maximum atomic E-state index is 12.9. The summed E-state index contributed by atoms with van der Waals surface area (Å²) in [5.74, 6) is 3.24. The average molecular weight is 2270 g/mol. The second kappa shape index (κ2) is 50.3. The van der Waals surface area contributed by atoms with Gasteiger partial charge in [-0.25, -0.2) is 48.9 Å². The molecule has 0 unspecified atom stereocenters. The summed E-state index contributed by atoms with van der Waals surface area (Å²) in [6.45, 7) is 12.9. The summed E-state index contributed by atoms with van der Waals surface area (Å²) >= 11 is 26.0. The Hall–Kier alpha value is -10.7. The highest BCUT2D eigenvalue weighted by molar-refractivity contribution is 9.11. The van der Waals surface area contributed by atoms with Gasteiger partial charge in [0.2, 0.25) is 5.89 Å². The molecule has 16 aromatic rings. The number of imidazole rings is 5. The summed E-state index contributed by atoms with van der Waals surface area (Å²) in [6.07, 6.45) is 3.33. The van der Waals surface area contributed by atoms with E-state index in [1.165, 1.54) is 93.4 Å². The highest BCUT2D eigenvalue weighted by Crippen LogP contribution is 2.32. The number of benzene rings is 5. The first-order valence-electron chi connectivity index (χ1n) is 44.0. The number of hydrogen-bond donors (Lipinski definition) is 0. The summed E-state index contributed by atoms with van der Waals surface area (Å²) in [6, 6.07) is 39.2. The molecule has 0 fully saturated rings. The van der Waals surface area contributed by atoms with Crippen molar-refractivity contribution in [3.05, 3.63) is 294 Å². The number of fused-ring (bicyclic) bond motifs is 5. The van der Waals surface area contributed by atoms with Crippen molar-refractivity contribution in [1.29, 1.82) is 0 Å². The molecule has 0 bridgehead atoms. The predicted octanol–water partition coefficient (Wildman–Crippen LogP) is 11.4. The van der Waals surface area contributed by atoms with Gasteiger partial charge in [0.1, 0.15) is 12.9 Å². The largest absolute Gasteiger partial charge is 0.462 e. The van der Waals surface area contributed by atoms with Gasteiger partial charge in [-0.1, -0.05) is 190 Å². The van der Waals surface area contributed by atoms with Gasteiger partial charge in [-0.3, -0.25) is 74.2 Å². The van der Waals surface area contributed by atoms with Crippen molar-refractivity contribution in [3.8, 4) is 6.01 Å². The van der Waals surface area contributed by atoms with Crippen LogP contribution in [0.25, 0.3) is 55.8 Å². The molecule has 16 rings (SSSR count). The molecule has 0 saturated carbocycles. The lowest BCUT2D eigenvalue weighted by Crippen LogP contribution is -2.37. The van der Waals surface area contributed by atoms with E-state index in [1.54, 1.807) is 78.1 Å². The van der Waals surface area contributed by atoms with Crippen LogP contribution < -0.4 is 61.0 Å². The van der Waals surface area contributed by atoms with Gasteiger partial charge in [-0.2, -0.15) is 4.98 Å². The van der Waals surface area contributed by atoms with Crippen molar-refractivity contribution in [1.82, 2.24) is 98.4 Å². The van der Waals surface area contributed by atoms with Crippen molar-refractivity contribution in [2.75, 3.05) is 90.9 Å². The number of halogens is 5. The molecule has 0 spiro atoms. The van der Waals surface area contributed by atoms with Crippen LogP contribution in [0.5, 0.6) is 6.01 Å². The first kappa shape index (κ1) is 108. The second-order valence-corrected chi connectivity index (χ2v) is 39.8. The van der Waals surface area contributed by atoms with Crippen LogP contribution in [0.4, 0.5) is 0 Å². The normalized spacial score (nSPS) is 11.4. The molecule has 38 nitrogen and oxygen atoms in total. The van der Waals surface area contributed by atoms with Gasteiger partial charge in [0, 0.05) is 145 Å². The monoisotopic (exact) mass is 2270 g/mol. The van der Waals surface area contributed by atoms with Crippen LogP contribution in [0, 0.1) is 0 Å². The van der Waals surface area contributed by atoms with E-state index in [1.807, 2.05) is 154 Å². The molecule has 0 aliphatic carbocycles. The number of hydrogen-bond acceptors (Lipinski definition) is 27. The van der Waals surface area contributed by atoms with Gasteiger partial charge in [0.25, 0.3) is 33.8 Å². The summed E-state index contributed by atoms with van der Waals surface area (Å²) in [5, 5.41) is 3.32. The number of ether oxygens (including phenoxy) is 6. The number of nitrogens with zero attached hydrogens (tertiary/aromatic N) is 21. The molecule has 0 atom stereocenters. The predicted molar refractivity (Wildman–Crippen MR) is 560 cm³/mol. The van der Waals surface area contributed by atoms with E-state index >= 15 is 0 Å². The Labute approximate surface area is 856 Å². The molecule has 0 aliphatic heterocycles. The minimum atomic E-state index is -0.430. The molecular weight excluding hydrogens is 2170 g/mol. The molecule has 0 aliphatic rings. The van der Waals surface area contributed by atoms with Gasteiger partial charge >= 0.3 is 28.4 Å². The van der Waals surface area contributed by atoms with E-state index in [4.69, 9.17) is 44.4 Å². The molecule has 0 radical (unpaired) electrons. The summed E-state index contributed by atoms with van der Waals surface area (Å²) in [7, 11) is 18.8. The first-order chi connectivity index (χ1) is 67.1. The zero-order chi connectivity index (χ0) is 101. The Morgan fingerprint density at radius 1 is 0.343 bits per heavy atom. The Bertz CT molecular complexity index is 7420. The summed E-state index contributed by atoms with van der Waals surface area (Å²) in [5.41, 5.74) is 5.85. The van der Waals surface area contributed by atoms with E-state index in [2.05, 4.69) is 93.6 Å². The van der Waals surface area contributed by atoms with Crippen LogP contribution in [0.1, 0.15) is 66.6 Å². The molecule has 11 aromatic heterocycles. The fourth-order valence-corrected chi connectivity index (χ4v) is 20.1. The maximum absolute atomic E-state index is 12.9. The molecular formula is C93H106Br4ClN21O17S4. The molecule has 0 saturated heterocycles. The standard InChI is InChI=1S/C20H20BrN5O3S.C19H23BrN4O4S.C18H21BrN4O4.C18H21BrN4O3S.C18H21ClN4O3S/c1-4-14-10-29-15(22-14)11-30-19-23-17-16(18(27)25(3)20(28)24(17)2)26(19)9-12-6-5-7-13(21)8-12;1-22-16-15(17(25)23(2)19(22)26)24(12-13-5-4-6-14(20)11-13)18(21-16)29-10-9-28-8-7-27-3;1-4-26-8-9-27-17-20-15-14(16(24)22(3)18(25)21(15)2)23(17)11-12-6-5-7-13(19)10-12;1-21-15-14(16(24)22(2)18(21)25)23(11-12-6-4-7-13(19)10-12)17(20-15)27-9-5-8-26-3;1-4-26-8-9-27-17-20-15-14(16(24)22(3)18(25)21(15)2)23(17)11-12-6-5-7-13(19)10-12/h5-8,10H,4,9,11H2,1-3H3;4-6,11H,7-10,12H2,1-3H3;5-7,10H,4,8-9,11H2,1-3H3;4,6-7,10H,5,8-9,11H2,1-3H3;5-7,10H,4,8-9,11H2,1-3H3. The van der Waals surface area contributed by atoms with Gasteiger partial charge < -0.3 is 51.1 Å². The first-order valence-corrected chi connectivity index (χ1v) is 51.4. The Balaban J connectivity index is 0.000000157. The molecule has 47 heteroatoms. The molecule has 0 N–H and O–H groups in total. The van der Waals surface area contributed by atoms with E-state index in [0.717, 1.165) is 98.0 Å². The summed E-state index contributed by atoms with van der Waals surface area (Å²) < 4.78 is 63.1. The van der Waals surface area contributed by atoms with Crippen LogP contribution in [0.15, 0.2) is 218 Å². The van der Waals surface area contributed by atoms with Gasteiger partial charge in [0.15, 0.2) is 76.4 Å². The number of thioether (sulfide) groups is 4. The fraction of sp³-hybridized carbons (Fsp3) is 0.376. The molecule has 744 valence electrons. The molecule has 0 amide bonds. The van der Waals surface area contributed by atoms with Crippen molar-refractivity contribution in [2.45, 2.75) is 92.7 Å². The van der Waals surface area contributed by atoms with Gasteiger partial charge in [-0.15, -0.1) is 0 Å². The number of oxazole rings is 1. The van der Waals surface area contributed by atoms with Crippen LogP contribution in [0.3, 0.4) is 0 Å². The van der Waals surface area contributed by atoms with Crippen molar-refractivity contribution in [3.63, 3.8) is 0 Å². The lowest BCUT2D eigenvalue weighted by molar-refractivity contribution is 0.0790. The minimum absolute atomic E-state index is 0.281. The lowest BCUT2D eigenvalue weighted by atomic mass is 10.2. The topological polar surface area (TPSA) is 391 Å². The van der Waals surface area contributed by atoms with Crippen LogP contribution in [-0.4, -0.2) is 189 Å². The zero-order valence-corrected chi connectivity index (χ0v) is 90.0. The number of aryl methyl sites for hydroxylation is 6. The van der Waals surface area contributed by atoms with E-state index in [0.29, 0.717) is 192 Å². The van der Waals surface area contributed by atoms with Crippen molar-refractivity contribution < 1.29 is 32.8 Å². The minimum Gasteiger partial charge on any atom is -0.462 e.